The number of allylic oxidation sites excluding steroid dienone is 1. The molecule has 0 aliphatic heterocycles. The van der Waals surface area contributed by atoms with Gasteiger partial charge in [0.2, 0.25) is 5.70 Å². The molecule has 0 aliphatic rings. The number of fused-ring (bicyclic) bond motifs is 1. The van der Waals surface area contributed by atoms with Crippen molar-refractivity contribution in [2.75, 3.05) is 12.5 Å². The number of halogens is 1. The van der Waals surface area contributed by atoms with E-state index in [1.807, 2.05) is 36.4 Å². The first kappa shape index (κ1) is 16.0. The van der Waals surface area contributed by atoms with Gasteiger partial charge in [0, 0.05) is 5.39 Å². The molecule has 5 nitrogen and oxygen atoms in total. The number of hydrogen-bond donors (Lipinski definition) is 1. The van der Waals surface area contributed by atoms with Crippen molar-refractivity contribution in [3.8, 4) is 0 Å². The van der Waals surface area contributed by atoms with E-state index in [0.29, 0.717) is 5.69 Å². The van der Waals surface area contributed by atoms with Gasteiger partial charge in [0.1, 0.15) is 5.76 Å². The van der Waals surface area contributed by atoms with Crippen molar-refractivity contribution in [3.05, 3.63) is 53.9 Å². The molecule has 0 heterocycles. The van der Waals surface area contributed by atoms with E-state index in [0.717, 1.165) is 10.8 Å². The number of hydrogen-bond acceptors (Lipinski definition) is 5. The normalized spacial score (nSPS) is 12.5. The lowest BCUT2D eigenvalue weighted by atomic mass is 10.1. The molecule has 0 aromatic heterocycles. The van der Waals surface area contributed by atoms with E-state index >= 15 is 0 Å². The topological polar surface area (TPSA) is 71.2 Å². The standard InChI is InChI=1S/C16H15ClN2O3/c1-2-22-16(21)15(14(20)10-17)19-18-13-9-5-7-11-6-3-4-8-12(11)13/h3-9,20H,2,10H2,1H3/b15-14-,19-18?. The fraction of sp³-hybridized carbons (Fsp3) is 0.188. The minimum Gasteiger partial charge on any atom is -0.508 e. The minimum atomic E-state index is -0.760. The number of azo groups is 1. The van der Waals surface area contributed by atoms with Crippen LogP contribution in [-0.4, -0.2) is 23.6 Å². The van der Waals surface area contributed by atoms with E-state index in [1.54, 1.807) is 13.0 Å². The maximum atomic E-state index is 11.8. The van der Waals surface area contributed by atoms with Crippen LogP contribution in [0.25, 0.3) is 10.8 Å². The highest BCUT2D eigenvalue weighted by atomic mass is 35.5. The van der Waals surface area contributed by atoms with Gasteiger partial charge in [-0.3, -0.25) is 0 Å². The summed E-state index contributed by atoms with van der Waals surface area (Å²) in [6, 6.07) is 13.2. The average molecular weight is 319 g/mol. The first-order chi connectivity index (χ1) is 10.7. The molecular weight excluding hydrogens is 304 g/mol. The van der Waals surface area contributed by atoms with Gasteiger partial charge in [-0.05, 0) is 18.4 Å². The number of aliphatic hydroxyl groups is 1. The highest BCUT2D eigenvalue weighted by Crippen LogP contribution is 2.26. The van der Waals surface area contributed by atoms with E-state index in [1.165, 1.54) is 0 Å². The van der Waals surface area contributed by atoms with E-state index in [9.17, 15) is 9.90 Å². The number of carbonyl (C=O) groups excluding carboxylic acids is 1. The minimum absolute atomic E-state index is 0.168. The van der Waals surface area contributed by atoms with Crippen molar-refractivity contribution < 1.29 is 14.6 Å². The molecule has 0 amide bonds. The third kappa shape index (κ3) is 3.62. The molecule has 0 fully saturated rings. The zero-order valence-electron chi connectivity index (χ0n) is 12.0. The summed E-state index contributed by atoms with van der Waals surface area (Å²) in [4.78, 5) is 11.8. The monoisotopic (exact) mass is 318 g/mol. The van der Waals surface area contributed by atoms with Gasteiger partial charge in [0.25, 0.3) is 0 Å². The molecule has 0 radical (unpaired) electrons. The number of esters is 1. The number of benzene rings is 2. The third-order valence-electron chi connectivity index (χ3n) is 2.89. The predicted molar refractivity (Wildman–Crippen MR) is 85.5 cm³/mol. The number of ether oxygens (including phenoxy) is 1. The van der Waals surface area contributed by atoms with Crippen LogP contribution in [0.3, 0.4) is 0 Å². The summed E-state index contributed by atoms with van der Waals surface area (Å²) < 4.78 is 4.83. The van der Waals surface area contributed by atoms with E-state index in [-0.39, 0.29) is 23.9 Å². The molecule has 2 aromatic carbocycles. The molecule has 2 aromatic rings. The smallest absolute Gasteiger partial charge is 0.362 e. The number of aliphatic hydroxyl groups excluding tert-OH is 1. The lowest BCUT2D eigenvalue weighted by Gasteiger charge is -2.04. The Morgan fingerprint density at radius 2 is 1.95 bits per heavy atom. The third-order valence-corrected chi connectivity index (χ3v) is 3.15. The lowest BCUT2D eigenvalue weighted by molar-refractivity contribution is -0.138. The summed E-state index contributed by atoms with van der Waals surface area (Å²) in [7, 11) is 0. The zero-order chi connectivity index (χ0) is 15.9. The highest BCUT2D eigenvalue weighted by molar-refractivity contribution is 6.19. The van der Waals surface area contributed by atoms with Crippen LogP contribution in [0.4, 0.5) is 5.69 Å². The summed E-state index contributed by atoms with van der Waals surface area (Å²) >= 11 is 5.55. The molecule has 22 heavy (non-hydrogen) atoms. The molecule has 0 unspecified atom stereocenters. The average Bonchev–Trinajstić information content (AvgIpc) is 2.55. The van der Waals surface area contributed by atoms with Crippen LogP contribution in [0.1, 0.15) is 6.92 Å². The van der Waals surface area contributed by atoms with Crippen molar-refractivity contribution in [3.63, 3.8) is 0 Å². The Kier molecular flexibility index (Phi) is 5.49. The van der Waals surface area contributed by atoms with Crippen molar-refractivity contribution in [2.24, 2.45) is 10.2 Å². The number of carbonyl (C=O) groups is 1. The van der Waals surface area contributed by atoms with Crippen LogP contribution in [0, 0.1) is 0 Å². The zero-order valence-corrected chi connectivity index (χ0v) is 12.7. The van der Waals surface area contributed by atoms with Gasteiger partial charge in [-0.2, -0.15) is 0 Å². The van der Waals surface area contributed by atoms with Gasteiger partial charge in [-0.25, -0.2) is 4.79 Å². The van der Waals surface area contributed by atoms with Crippen LogP contribution in [0.5, 0.6) is 0 Å². The highest BCUT2D eigenvalue weighted by Gasteiger charge is 2.16. The SMILES string of the molecule is CCOC(=O)/C(N=Nc1cccc2ccccc12)=C(/O)CCl. The molecule has 0 bridgehead atoms. The molecule has 0 saturated heterocycles. The largest absolute Gasteiger partial charge is 0.508 e. The number of alkyl halides is 1. The lowest BCUT2D eigenvalue weighted by Crippen LogP contribution is -2.09. The number of nitrogens with zero attached hydrogens (tertiary/aromatic N) is 2. The van der Waals surface area contributed by atoms with Gasteiger partial charge < -0.3 is 9.84 Å². The molecule has 0 aliphatic carbocycles. The first-order valence-corrected chi connectivity index (χ1v) is 7.25. The molecule has 1 N–H and O–H groups in total. The van der Waals surface area contributed by atoms with Gasteiger partial charge in [-0.15, -0.1) is 21.8 Å². The van der Waals surface area contributed by atoms with Gasteiger partial charge in [0.05, 0.1) is 18.2 Å². The second kappa shape index (κ2) is 7.56. The van der Waals surface area contributed by atoms with Crippen LogP contribution >= 0.6 is 11.6 Å². The Labute approximate surface area is 132 Å². The van der Waals surface area contributed by atoms with Crippen molar-refractivity contribution in [2.45, 2.75) is 6.92 Å². The Morgan fingerprint density at radius 1 is 1.23 bits per heavy atom. The van der Waals surface area contributed by atoms with Crippen molar-refractivity contribution >= 4 is 34.0 Å². The maximum absolute atomic E-state index is 11.8. The quantitative estimate of drug-likeness (QED) is 0.290. The molecule has 6 heteroatoms. The molecule has 0 saturated carbocycles. The van der Waals surface area contributed by atoms with Crippen LogP contribution in [-0.2, 0) is 9.53 Å². The molecule has 0 atom stereocenters. The summed E-state index contributed by atoms with van der Waals surface area (Å²) in [5, 5.41) is 19.5. The van der Waals surface area contributed by atoms with E-state index < -0.39 is 5.97 Å². The Hall–Kier alpha value is -2.40. The van der Waals surface area contributed by atoms with Crippen LogP contribution in [0.2, 0.25) is 0 Å². The Balaban J connectivity index is 2.41. The van der Waals surface area contributed by atoms with Crippen molar-refractivity contribution in [1.82, 2.24) is 0 Å². The Morgan fingerprint density at radius 3 is 2.68 bits per heavy atom. The summed E-state index contributed by atoms with van der Waals surface area (Å²) in [5.41, 5.74) is 0.298. The van der Waals surface area contributed by atoms with Crippen molar-refractivity contribution in [1.29, 1.82) is 0 Å². The molecule has 0 spiro atoms. The second-order valence-electron chi connectivity index (χ2n) is 4.35. The second-order valence-corrected chi connectivity index (χ2v) is 4.61. The van der Waals surface area contributed by atoms with Crippen LogP contribution in [0.15, 0.2) is 64.1 Å². The molecule has 2 rings (SSSR count). The number of rotatable bonds is 5. The Bertz CT molecular complexity index is 736. The van der Waals surface area contributed by atoms with E-state index in [2.05, 4.69) is 10.2 Å². The summed E-state index contributed by atoms with van der Waals surface area (Å²) in [5.74, 6) is -1.38. The fourth-order valence-electron chi connectivity index (χ4n) is 1.88. The summed E-state index contributed by atoms with van der Waals surface area (Å²) in [6.07, 6.45) is 0. The van der Waals surface area contributed by atoms with Gasteiger partial charge in [0.15, 0.2) is 0 Å². The van der Waals surface area contributed by atoms with Gasteiger partial charge in [-0.1, -0.05) is 36.4 Å². The van der Waals surface area contributed by atoms with Crippen LogP contribution < -0.4 is 0 Å². The van der Waals surface area contributed by atoms with Gasteiger partial charge >= 0.3 is 5.97 Å². The maximum Gasteiger partial charge on any atom is 0.362 e. The first-order valence-electron chi connectivity index (χ1n) is 6.72. The predicted octanol–water partition coefficient (Wildman–Crippen LogP) is 4.50. The molecular formula is C16H15ClN2O3. The fourth-order valence-corrected chi connectivity index (χ4v) is 2.01. The summed E-state index contributed by atoms with van der Waals surface area (Å²) in [6.45, 7) is 1.83. The van der Waals surface area contributed by atoms with E-state index in [4.69, 9.17) is 16.3 Å². The molecule has 114 valence electrons.